The minimum Gasteiger partial charge on any atom is -0.374 e. The Labute approximate surface area is 125 Å². The van der Waals surface area contributed by atoms with E-state index in [1.807, 2.05) is 0 Å². The summed E-state index contributed by atoms with van der Waals surface area (Å²) in [6, 6.07) is 5.71. The molecule has 1 heterocycles. The Morgan fingerprint density at radius 1 is 1.38 bits per heavy atom. The highest BCUT2D eigenvalue weighted by atomic mass is 32.2. The number of benzene rings is 1. The Kier molecular flexibility index (Phi) is 5.50. The van der Waals surface area contributed by atoms with Gasteiger partial charge in [-0.3, -0.25) is 0 Å². The highest BCUT2D eigenvalue weighted by Crippen LogP contribution is 2.19. The van der Waals surface area contributed by atoms with E-state index in [1.54, 1.807) is 12.1 Å². The van der Waals surface area contributed by atoms with E-state index in [-0.39, 0.29) is 11.9 Å². The second-order valence-corrected chi connectivity index (χ2v) is 7.08. The van der Waals surface area contributed by atoms with Crippen LogP contribution in [0.2, 0.25) is 0 Å². The maximum atomic E-state index is 13.1. The Hall–Kier alpha value is -1.24. The fourth-order valence-corrected chi connectivity index (χ4v) is 3.96. The van der Waals surface area contributed by atoms with Crippen molar-refractivity contribution in [2.24, 2.45) is 0 Å². The second kappa shape index (κ2) is 7.15. The molecule has 1 aromatic rings. The molecule has 21 heavy (non-hydrogen) atoms. The number of nitrogens with zero attached hydrogens (tertiary/aromatic N) is 1. The molecule has 0 amide bonds. The average molecular weight is 313 g/mol. The number of hydrogen-bond acceptors (Lipinski definition) is 3. The molecular weight excluding hydrogens is 293 g/mol. The van der Waals surface area contributed by atoms with E-state index < -0.39 is 15.8 Å². The topological polar surface area (TPSA) is 46.6 Å². The van der Waals surface area contributed by atoms with Crippen LogP contribution in [0.3, 0.4) is 0 Å². The molecule has 0 aliphatic carbocycles. The lowest BCUT2D eigenvalue weighted by Gasteiger charge is -2.31. The molecular formula is C15H20FNO3S. The Balaban J connectivity index is 1.93. The minimum absolute atomic E-state index is 0.0867. The third-order valence-electron chi connectivity index (χ3n) is 3.48. The standard InChI is InChI=1S/C15H20FNO3S/c1-2-10-20-15-6-8-17(9-7-15)21(18,19)12-13-4-3-5-14(16)11-13/h2-5,11,15H,1,6-10,12H2. The lowest BCUT2D eigenvalue weighted by Crippen LogP contribution is -2.41. The van der Waals surface area contributed by atoms with Crippen LogP contribution in [-0.4, -0.2) is 38.5 Å². The first-order valence-electron chi connectivity index (χ1n) is 6.96. The average Bonchev–Trinajstić information content (AvgIpc) is 2.45. The van der Waals surface area contributed by atoms with Crippen molar-refractivity contribution >= 4 is 10.0 Å². The van der Waals surface area contributed by atoms with E-state index in [0.29, 0.717) is 38.1 Å². The van der Waals surface area contributed by atoms with Crippen LogP contribution >= 0.6 is 0 Å². The predicted octanol–water partition coefficient (Wildman–Crippen LogP) is 2.32. The third kappa shape index (κ3) is 4.62. The molecule has 0 unspecified atom stereocenters. The lowest BCUT2D eigenvalue weighted by atomic mass is 10.1. The van der Waals surface area contributed by atoms with Crippen molar-refractivity contribution in [3.05, 3.63) is 48.3 Å². The molecule has 1 aromatic carbocycles. The van der Waals surface area contributed by atoms with Crippen molar-refractivity contribution in [1.29, 1.82) is 0 Å². The molecule has 1 aliphatic rings. The SMILES string of the molecule is C=CCOC1CCN(S(=O)(=O)Cc2cccc(F)c2)CC1. The van der Waals surface area contributed by atoms with Crippen molar-refractivity contribution < 1.29 is 17.5 Å². The molecule has 1 aliphatic heterocycles. The van der Waals surface area contributed by atoms with Gasteiger partial charge in [-0.05, 0) is 30.5 Å². The number of halogens is 1. The maximum absolute atomic E-state index is 13.1. The zero-order valence-electron chi connectivity index (χ0n) is 11.9. The summed E-state index contributed by atoms with van der Waals surface area (Å²) < 4.78 is 44.8. The third-order valence-corrected chi connectivity index (χ3v) is 5.33. The minimum atomic E-state index is -3.41. The van der Waals surface area contributed by atoms with E-state index in [0.717, 1.165) is 0 Å². The van der Waals surface area contributed by atoms with E-state index in [1.165, 1.54) is 22.5 Å². The van der Waals surface area contributed by atoms with Crippen LogP contribution in [0.15, 0.2) is 36.9 Å². The van der Waals surface area contributed by atoms with Crippen LogP contribution in [0.25, 0.3) is 0 Å². The molecule has 4 nitrogen and oxygen atoms in total. The van der Waals surface area contributed by atoms with Gasteiger partial charge in [-0.2, -0.15) is 0 Å². The smallest absolute Gasteiger partial charge is 0.218 e. The van der Waals surface area contributed by atoms with Gasteiger partial charge in [-0.25, -0.2) is 17.1 Å². The summed E-state index contributed by atoms with van der Waals surface area (Å²) in [6.07, 6.45) is 3.13. The van der Waals surface area contributed by atoms with Crippen LogP contribution in [0.5, 0.6) is 0 Å². The first-order chi connectivity index (χ1) is 10.0. The fraction of sp³-hybridized carbons (Fsp3) is 0.467. The molecule has 0 saturated carbocycles. The molecule has 0 N–H and O–H groups in total. The highest BCUT2D eigenvalue weighted by molar-refractivity contribution is 7.88. The monoisotopic (exact) mass is 313 g/mol. The van der Waals surface area contributed by atoms with Crippen LogP contribution in [0, 0.1) is 5.82 Å². The van der Waals surface area contributed by atoms with Gasteiger partial charge in [-0.1, -0.05) is 18.2 Å². The normalized spacial score (nSPS) is 17.8. The second-order valence-electron chi connectivity index (χ2n) is 5.11. The van der Waals surface area contributed by atoms with Gasteiger partial charge < -0.3 is 4.74 Å². The summed E-state index contributed by atoms with van der Waals surface area (Å²) in [7, 11) is -3.41. The molecule has 0 aromatic heterocycles. The van der Waals surface area contributed by atoms with Gasteiger partial charge >= 0.3 is 0 Å². The summed E-state index contributed by atoms with van der Waals surface area (Å²) in [6.45, 7) is 4.97. The van der Waals surface area contributed by atoms with E-state index in [2.05, 4.69) is 6.58 Å². The van der Waals surface area contributed by atoms with Crippen LogP contribution in [0.4, 0.5) is 4.39 Å². The molecule has 1 saturated heterocycles. The zero-order valence-corrected chi connectivity index (χ0v) is 12.7. The summed E-state index contributed by atoms with van der Waals surface area (Å²) in [5.74, 6) is -0.581. The van der Waals surface area contributed by atoms with Crippen molar-refractivity contribution in [3.8, 4) is 0 Å². The van der Waals surface area contributed by atoms with Crippen LogP contribution < -0.4 is 0 Å². The van der Waals surface area contributed by atoms with Crippen molar-refractivity contribution in [2.45, 2.75) is 24.7 Å². The first-order valence-corrected chi connectivity index (χ1v) is 8.57. The van der Waals surface area contributed by atoms with Gasteiger partial charge in [0, 0.05) is 13.1 Å². The largest absolute Gasteiger partial charge is 0.374 e. The number of ether oxygens (including phenoxy) is 1. The van der Waals surface area contributed by atoms with Gasteiger partial charge in [0.25, 0.3) is 0 Å². The predicted molar refractivity (Wildman–Crippen MR) is 79.8 cm³/mol. The molecule has 2 rings (SSSR count). The summed E-state index contributed by atoms with van der Waals surface area (Å²) in [4.78, 5) is 0. The Morgan fingerprint density at radius 2 is 2.10 bits per heavy atom. The lowest BCUT2D eigenvalue weighted by molar-refractivity contribution is 0.0381. The molecule has 0 radical (unpaired) electrons. The number of sulfonamides is 1. The van der Waals surface area contributed by atoms with Gasteiger partial charge in [0.1, 0.15) is 5.82 Å². The Morgan fingerprint density at radius 3 is 2.71 bits per heavy atom. The Bertz CT molecular complexity index is 580. The number of piperidine rings is 1. The van der Waals surface area contributed by atoms with Gasteiger partial charge in [-0.15, -0.1) is 6.58 Å². The number of rotatable bonds is 6. The summed E-state index contributed by atoms with van der Waals surface area (Å²) >= 11 is 0. The molecule has 116 valence electrons. The van der Waals surface area contributed by atoms with Crippen LogP contribution in [-0.2, 0) is 20.5 Å². The fourth-order valence-electron chi connectivity index (χ4n) is 2.41. The van der Waals surface area contributed by atoms with E-state index >= 15 is 0 Å². The van der Waals surface area contributed by atoms with Gasteiger partial charge in [0.2, 0.25) is 10.0 Å². The maximum Gasteiger partial charge on any atom is 0.218 e. The molecule has 0 atom stereocenters. The summed E-state index contributed by atoms with van der Waals surface area (Å²) in [5, 5.41) is 0. The van der Waals surface area contributed by atoms with E-state index in [4.69, 9.17) is 4.74 Å². The van der Waals surface area contributed by atoms with Crippen molar-refractivity contribution in [3.63, 3.8) is 0 Å². The molecule has 6 heteroatoms. The first kappa shape index (κ1) is 16.1. The summed E-state index contributed by atoms with van der Waals surface area (Å²) in [5.41, 5.74) is 0.472. The van der Waals surface area contributed by atoms with E-state index in [9.17, 15) is 12.8 Å². The van der Waals surface area contributed by atoms with Gasteiger partial charge in [0.05, 0.1) is 18.5 Å². The quantitative estimate of drug-likeness (QED) is 0.757. The molecule has 0 spiro atoms. The number of hydrogen-bond donors (Lipinski definition) is 0. The zero-order chi connectivity index (χ0) is 15.3. The van der Waals surface area contributed by atoms with Crippen molar-refractivity contribution in [1.82, 2.24) is 4.31 Å². The molecule has 1 fully saturated rings. The van der Waals surface area contributed by atoms with Crippen molar-refractivity contribution in [2.75, 3.05) is 19.7 Å². The van der Waals surface area contributed by atoms with Gasteiger partial charge in [0.15, 0.2) is 0 Å². The molecule has 0 bridgehead atoms. The van der Waals surface area contributed by atoms with Crippen LogP contribution in [0.1, 0.15) is 18.4 Å². The highest BCUT2D eigenvalue weighted by Gasteiger charge is 2.28.